The molecular formula is C18H26N6. The van der Waals surface area contributed by atoms with Crippen LogP contribution in [0.3, 0.4) is 0 Å². The highest BCUT2D eigenvalue weighted by molar-refractivity contribution is 5.68. The van der Waals surface area contributed by atoms with Crippen molar-refractivity contribution in [1.82, 2.24) is 24.7 Å². The molecular weight excluding hydrogens is 300 g/mol. The average Bonchev–Trinajstić information content (AvgIpc) is 3.20. The second kappa shape index (κ2) is 5.99. The molecule has 0 N–H and O–H groups in total. The molecule has 128 valence electrons. The van der Waals surface area contributed by atoms with Crippen LogP contribution in [0.4, 0.5) is 5.69 Å². The third-order valence-corrected chi connectivity index (χ3v) is 5.98. The highest BCUT2D eigenvalue weighted by Gasteiger charge is 2.29. The monoisotopic (exact) mass is 326 g/mol. The largest absolute Gasteiger partial charge is 0.367 e. The fourth-order valence-electron chi connectivity index (χ4n) is 4.45. The van der Waals surface area contributed by atoms with Gasteiger partial charge in [-0.15, -0.1) is 10.2 Å². The van der Waals surface area contributed by atoms with Gasteiger partial charge in [-0.05, 0) is 38.2 Å². The van der Waals surface area contributed by atoms with Crippen LogP contribution in [-0.4, -0.2) is 56.9 Å². The normalized spacial score (nSPS) is 23.9. The lowest BCUT2D eigenvalue weighted by Gasteiger charge is -2.27. The first kappa shape index (κ1) is 14.6. The Bertz CT molecular complexity index is 715. The lowest BCUT2D eigenvalue weighted by atomic mass is 10.2. The Hall–Kier alpha value is -1.69. The quantitative estimate of drug-likeness (QED) is 0.867. The fourth-order valence-corrected chi connectivity index (χ4v) is 4.45. The van der Waals surface area contributed by atoms with Crippen LogP contribution < -0.4 is 4.90 Å². The zero-order valence-corrected chi connectivity index (χ0v) is 14.3. The van der Waals surface area contributed by atoms with Crippen molar-refractivity contribution in [3.63, 3.8) is 0 Å². The maximum Gasteiger partial charge on any atom is 0.200 e. The third-order valence-electron chi connectivity index (χ3n) is 5.98. The van der Waals surface area contributed by atoms with Crippen LogP contribution in [0.5, 0.6) is 0 Å². The van der Waals surface area contributed by atoms with Gasteiger partial charge in [0, 0.05) is 38.1 Å². The molecule has 5 rings (SSSR count). The van der Waals surface area contributed by atoms with Gasteiger partial charge >= 0.3 is 0 Å². The zero-order chi connectivity index (χ0) is 15.9. The molecule has 3 aliphatic rings. The minimum absolute atomic E-state index is 0.650. The molecule has 0 aromatic carbocycles. The van der Waals surface area contributed by atoms with E-state index in [1.165, 1.54) is 69.4 Å². The summed E-state index contributed by atoms with van der Waals surface area (Å²) in [5.74, 6) is 0.650. The van der Waals surface area contributed by atoms with Gasteiger partial charge in [-0.3, -0.25) is 4.90 Å². The van der Waals surface area contributed by atoms with Gasteiger partial charge in [0.05, 0.1) is 11.4 Å². The summed E-state index contributed by atoms with van der Waals surface area (Å²) in [4.78, 5) is 5.25. The molecule has 0 atom stereocenters. The molecule has 2 aliphatic carbocycles. The van der Waals surface area contributed by atoms with Gasteiger partial charge in [-0.1, -0.05) is 12.8 Å². The summed E-state index contributed by atoms with van der Waals surface area (Å²) in [7, 11) is 0. The van der Waals surface area contributed by atoms with Crippen molar-refractivity contribution in [2.45, 2.75) is 56.9 Å². The molecule has 6 heteroatoms. The van der Waals surface area contributed by atoms with Crippen LogP contribution in [0.2, 0.25) is 0 Å². The molecule has 0 unspecified atom stereocenters. The summed E-state index contributed by atoms with van der Waals surface area (Å²) in [5, 5.41) is 13.1. The number of nitrogens with zero attached hydrogens (tertiary/aromatic N) is 6. The van der Waals surface area contributed by atoms with Crippen molar-refractivity contribution in [3.8, 4) is 0 Å². The van der Waals surface area contributed by atoms with Crippen LogP contribution in [-0.2, 0) is 0 Å². The molecule has 1 aliphatic heterocycles. The van der Waals surface area contributed by atoms with E-state index in [1.54, 1.807) is 6.33 Å². The summed E-state index contributed by atoms with van der Waals surface area (Å²) < 4.78 is 1.88. The van der Waals surface area contributed by atoms with E-state index in [2.05, 4.69) is 26.1 Å². The topological polar surface area (TPSA) is 49.6 Å². The Morgan fingerprint density at radius 1 is 0.917 bits per heavy atom. The Kier molecular flexibility index (Phi) is 3.65. The molecule has 2 saturated carbocycles. The molecule has 3 fully saturated rings. The van der Waals surface area contributed by atoms with Crippen LogP contribution in [0.1, 0.15) is 56.6 Å². The Morgan fingerprint density at radius 2 is 1.79 bits per heavy atom. The van der Waals surface area contributed by atoms with Crippen LogP contribution >= 0.6 is 0 Å². The molecule has 0 radical (unpaired) electrons. The first-order valence-electron chi connectivity index (χ1n) is 9.58. The molecule has 1 saturated heterocycles. The van der Waals surface area contributed by atoms with Gasteiger partial charge in [0.15, 0.2) is 0 Å². The second-order valence-corrected chi connectivity index (χ2v) is 7.64. The van der Waals surface area contributed by atoms with Crippen molar-refractivity contribution in [2.24, 2.45) is 0 Å². The summed E-state index contributed by atoms with van der Waals surface area (Å²) in [5.41, 5.74) is 3.36. The van der Waals surface area contributed by atoms with Gasteiger partial charge < -0.3 is 4.90 Å². The number of hydrogen-bond donors (Lipinski definition) is 0. The minimum atomic E-state index is 0.650. The molecule has 24 heavy (non-hydrogen) atoms. The third kappa shape index (κ3) is 2.66. The average molecular weight is 326 g/mol. The van der Waals surface area contributed by atoms with E-state index in [9.17, 15) is 0 Å². The van der Waals surface area contributed by atoms with E-state index in [-0.39, 0.29) is 0 Å². The van der Waals surface area contributed by atoms with Crippen molar-refractivity contribution in [2.75, 3.05) is 31.1 Å². The smallest absolute Gasteiger partial charge is 0.200 e. The lowest BCUT2D eigenvalue weighted by molar-refractivity contribution is 0.213. The highest BCUT2D eigenvalue weighted by atomic mass is 15.4. The Morgan fingerprint density at radius 3 is 2.62 bits per heavy atom. The van der Waals surface area contributed by atoms with Crippen molar-refractivity contribution in [3.05, 3.63) is 18.1 Å². The van der Waals surface area contributed by atoms with Crippen molar-refractivity contribution < 1.29 is 0 Å². The summed E-state index contributed by atoms with van der Waals surface area (Å²) in [6.07, 6.45) is 11.2. The summed E-state index contributed by atoms with van der Waals surface area (Å²) in [6.45, 7) is 4.61. The Labute approximate surface area is 142 Å². The predicted molar refractivity (Wildman–Crippen MR) is 93.4 cm³/mol. The fraction of sp³-hybridized carbons (Fsp3) is 0.722. The number of fused-ring (bicyclic) bond motifs is 1. The van der Waals surface area contributed by atoms with E-state index in [4.69, 9.17) is 5.10 Å². The summed E-state index contributed by atoms with van der Waals surface area (Å²) >= 11 is 0. The number of aromatic nitrogens is 4. The molecule has 0 amide bonds. The SMILES string of the molecule is c1c(C2CC2)nn2cnnc2c1N1CCCN(C2CCCC2)CC1. The first-order chi connectivity index (χ1) is 11.9. The molecule has 6 nitrogen and oxygen atoms in total. The van der Waals surface area contributed by atoms with Gasteiger partial charge in [0.1, 0.15) is 6.33 Å². The predicted octanol–water partition coefficient (Wildman–Crippen LogP) is 2.46. The van der Waals surface area contributed by atoms with E-state index in [0.29, 0.717) is 5.92 Å². The first-order valence-corrected chi connectivity index (χ1v) is 9.58. The van der Waals surface area contributed by atoms with E-state index in [0.717, 1.165) is 24.8 Å². The standard InChI is InChI=1S/C18H26N6/c1-2-5-15(4-1)22-8-3-9-23(11-10-22)17-12-16(14-6-7-14)21-24-13-19-20-18(17)24/h12-15H,1-11H2. The Balaban J connectivity index is 1.41. The van der Waals surface area contributed by atoms with Gasteiger partial charge in [-0.25, -0.2) is 0 Å². The zero-order valence-electron chi connectivity index (χ0n) is 14.3. The molecule has 2 aromatic rings. The van der Waals surface area contributed by atoms with Crippen molar-refractivity contribution >= 4 is 11.3 Å². The lowest BCUT2D eigenvalue weighted by Crippen LogP contribution is -2.37. The second-order valence-electron chi connectivity index (χ2n) is 7.64. The van der Waals surface area contributed by atoms with E-state index < -0.39 is 0 Å². The molecule has 3 heterocycles. The molecule has 2 aromatic heterocycles. The highest BCUT2D eigenvalue weighted by Crippen LogP contribution is 2.40. The van der Waals surface area contributed by atoms with Crippen LogP contribution in [0.25, 0.3) is 5.65 Å². The summed E-state index contributed by atoms with van der Waals surface area (Å²) in [6, 6.07) is 3.12. The maximum atomic E-state index is 4.71. The number of rotatable bonds is 3. The van der Waals surface area contributed by atoms with Crippen molar-refractivity contribution in [1.29, 1.82) is 0 Å². The minimum Gasteiger partial charge on any atom is -0.367 e. The molecule has 0 spiro atoms. The van der Waals surface area contributed by atoms with Gasteiger partial charge in [0.25, 0.3) is 0 Å². The van der Waals surface area contributed by atoms with E-state index >= 15 is 0 Å². The van der Waals surface area contributed by atoms with Gasteiger partial charge in [0.2, 0.25) is 5.65 Å². The van der Waals surface area contributed by atoms with Crippen LogP contribution in [0, 0.1) is 0 Å². The van der Waals surface area contributed by atoms with E-state index in [1.807, 2.05) is 4.52 Å². The van der Waals surface area contributed by atoms with Crippen LogP contribution in [0.15, 0.2) is 12.4 Å². The number of hydrogen-bond acceptors (Lipinski definition) is 5. The number of anilines is 1. The van der Waals surface area contributed by atoms with Gasteiger partial charge in [-0.2, -0.15) is 9.61 Å². The molecule has 0 bridgehead atoms. The maximum absolute atomic E-state index is 4.71.